The van der Waals surface area contributed by atoms with Gasteiger partial charge in [-0.15, -0.1) is 10.2 Å². The lowest BCUT2D eigenvalue weighted by atomic mass is 9.67. The summed E-state index contributed by atoms with van der Waals surface area (Å²) in [4.78, 5) is 43.8. The van der Waals surface area contributed by atoms with Crippen molar-refractivity contribution in [2.24, 2.45) is 0 Å². The Labute approximate surface area is 257 Å². The SMILES string of the molecule is C[C@@H](CC1(c2nn[nH]n2)c2ccc(C(=O)N(C)C)cc2CCc2cc(C(=O)N(C)C)ccc21)NCC(=O)N1CCCC1C#N. The number of nitrogens with zero attached hydrogens (tertiary/aromatic N) is 7. The van der Waals surface area contributed by atoms with Gasteiger partial charge in [-0.2, -0.15) is 10.5 Å². The molecule has 2 heterocycles. The minimum atomic E-state index is -0.911. The van der Waals surface area contributed by atoms with Gasteiger partial charge >= 0.3 is 0 Å². The molecule has 0 saturated carbocycles. The smallest absolute Gasteiger partial charge is 0.253 e. The third-order valence-electron chi connectivity index (χ3n) is 8.76. The maximum Gasteiger partial charge on any atom is 0.253 e. The molecule has 0 spiro atoms. The first-order chi connectivity index (χ1) is 21.1. The molecule has 2 aliphatic rings. The van der Waals surface area contributed by atoms with Crippen molar-refractivity contribution in [1.29, 1.82) is 5.26 Å². The van der Waals surface area contributed by atoms with Crippen LogP contribution < -0.4 is 5.32 Å². The van der Waals surface area contributed by atoms with E-state index < -0.39 is 5.41 Å². The van der Waals surface area contributed by atoms with E-state index in [0.29, 0.717) is 49.2 Å². The zero-order chi connectivity index (χ0) is 31.6. The second-order valence-corrected chi connectivity index (χ2v) is 12.1. The van der Waals surface area contributed by atoms with Gasteiger partial charge in [0.1, 0.15) is 6.04 Å². The minimum Gasteiger partial charge on any atom is -0.345 e. The molecule has 1 aliphatic heterocycles. The number of H-pyrrole nitrogens is 1. The zero-order valence-corrected chi connectivity index (χ0v) is 25.9. The van der Waals surface area contributed by atoms with Crippen LogP contribution in [0.25, 0.3) is 0 Å². The number of hydrogen-bond donors (Lipinski definition) is 2. The van der Waals surface area contributed by atoms with E-state index in [-0.39, 0.29) is 36.3 Å². The summed E-state index contributed by atoms with van der Waals surface area (Å²) in [6, 6.07) is 13.2. The Kier molecular flexibility index (Phi) is 8.78. The van der Waals surface area contributed by atoms with Crippen LogP contribution in [0.5, 0.6) is 0 Å². The first kappa shape index (κ1) is 30.8. The number of aryl methyl sites for hydroxylation is 2. The number of amides is 3. The van der Waals surface area contributed by atoms with Gasteiger partial charge in [0.2, 0.25) is 5.91 Å². The second kappa shape index (κ2) is 12.5. The van der Waals surface area contributed by atoms with E-state index in [2.05, 4.69) is 32.0 Å². The first-order valence-electron chi connectivity index (χ1n) is 14.9. The van der Waals surface area contributed by atoms with E-state index >= 15 is 0 Å². The first-order valence-corrected chi connectivity index (χ1v) is 14.9. The van der Waals surface area contributed by atoms with Crippen LogP contribution in [-0.4, -0.2) is 106 Å². The number of likely N-dealkylation sites (tertiary alicyclic amines) is 1. The van der Waals surface area contributed by atoms with E-state index in [1.54, 1.807) is 42.9 Å². The normalized spacial score (nSPS) is 17.5. The highest BCUT2D eigenvalue weighted by molar-refractivity contribution is 5.95. The van der Waals surface area contributed by atoms with Gasteiger partial charge in [-0.1, -0.05) is 17.3 Å². The minimum absolute atomic E-state index is 0.0912. The summed E-state index contributed by atoms with van der Waals surface area (Å²) in [7, 11) is 6.91. The molecule has 1 aromatic heterocycles. The fraction of sp³-hybridized carbons (Fsp3) is 0.469. The van der Waals surface area contributed by atoms with Crippen LogP contribution >= 0.6 is 0 Å². The average molecular weight is 598 g/mol. The number of rotatable bonds is 8. The summed E-state index contributed by atoms with van der Waals surface area (Å²) in [5, 5.41) is 28.5. The highest BCUT2D eigenvalue weighted by Gasteiger charge is 2.46. The van der Waals surface area contributed by atoms with Crippen molar-refractivity contribution < 1.29 is 14.4 Å². The second-order valence-electron chi connectivity index (χ2n) is 12.1. The lowest BCUT2D eigenvalue weighted by Crippen LogP contribution is -2.45. The fourth-order valence-corrected chi connectivity index (χ4v) is 6.62. The van der Waals surface area contributed by atoms with Crippen LogP contribution in [0.15, 0.2) is 36.4 Å². The molecule has 5 rings (SSSR count). The topological polar surface area (TPSA) is 151 Å². The number of hydrogen-bond acceptors (Lipinski definition) is 8. The van der Waals surface area contributed by atoms with Crippen molar-refractivity contribution in [2.75, 3.05) is 41.3 Å². The summed E-state index contributed by atoms with van der Waals surface area (Å²) >= 11 is 0. The molecule has 2 aromatic carbocycles. The van der Waals surface area contributed by atoms with Crippen molar-refractivity contribution in [3.63, 3.8) is 0 Å². The van der Waals surface area contributed by atoms with Crippen LogP contribution in [0.1, 0.15) is 75.0 Å². The number of nitriles is 1. The predicted octanol–water partition coefficient (Wildman–Crippen LogP) is 1.92. The molecule has 1 fully saturated rings. The van der Waals surface area contributed by atoms with E-state index in [1.165, 1.54) is 0 Å². The van der Waals surface area contributed by atoms with Crippen LogP contribution in [0, 0.1) is 11.3 Å². The molecule has 44 heavy (non-hydrogen) atoms. The number of benzene rings is 2. The Morgan fingerprint density at radius 1 is 1.05 bits per heavy atom. The average Bonchev–Trinajstić information content (AvgIpc) is 3.71. The van der Waals surface area contributed by atoms with Crippen LogP contribution in [-0.2, 0) is 23.1 Å². The monoisotopic (exact) mass is 597 g/mol. The van der Waals surface area contributed by atoms with Gasteiger partial charge in [0.25, 0.3) is 11.8 Å². The molecule has 2 atom stereocenters. The number of aromatic nitrogens is 4. The zero-order valence-electron chi connectivity index (χ0n) is 25.9. The fourth-order valence-electron chi connectivity index (χ4n) is 6.62. The van der Waals surface area contributed by atoms with Gasteiger partial charge in [0.05, 0.1) is 18.0 Å². The quantitative estimate of drug-likeness (QED) is 0.400. The van der Waals surface area contributed by atoms with E-state index in [9.17, 15) is 19.6 Å². The Balaban J connectivity index is 1.60. The number of fused-ring (bicyclic) bond motifs is 2. The Morgan fingerprint density at radius 2 is 1.64 bits per heavy atom. The summed E-state index contributed by atoms with van der Waals surface area (Å²) in [6.45, 7) is 2.69. The Hall–Kier alpha value is -4.63. The standard InChI is InChI=1S/C32H39N9O3/c1-20(34-19-28(42)41-14-6-7-25(41)18-33)17-32(31-35-37-38-36-31)26-12-10-23(29(43)39(2)3)15-21(26)8-9-22-16-24(11-13-27(22)32)30(44)40(4)5/h10-13,15-16,20,25,34H,6-9,14,17,19H2,1-5H3,(H,35,36,37,38)/t20-,25?/m0/s1. The molecule has 1 aliphatic carbocycles. The van der Waals surface area contributed by atoms with Gasteiger partial charge in [-0.3, -0.25) is 14.4 Å². The number of tetrazole rings is 1. The maximum absolute atomic E-state index is 13.1. The Morgan fingerprint density at radius 3 is 2.14 bits per heavy atom. The highest BCUT2D eigenvalue weighted by Crippen LogP contribution is 2.47. The van der Waals surface area contributed by atoms with Crippen LogP contribution in [0.4, 0.5) is 0 Å². The third-order valence-corrected chi connectivity index (χ3v) is 8.76. The lowest BCUT2D eigenvalue weighted by molar-refractivity contribution is -0.130. The highest BCUT2D eigenvalue weighted by atomic mass is 16.2. The molecule has 12 heteroatoms. The molecule has 0 bridgehead atoms. The molecular formula is C32H39N9O3. The van der Waals surface area contributed by atoms with Gasteiger partial charge in [-0.25, -0.2) is 0 Å². The molecule has 3 amide bonds. The summed E-state index contributed by atoms with van der Waals surface area (Å²) in [5.41, 5.74) is 4.12. The van der Waals surface area contributed by atoms with Gasteiger partial charge in [0, 0.05) is 51.9 Å². The molecule has 1 unspecified atom stereocenters. The number of carbonyl (C=O) groups excluding carboxylic acids is 3. The van der Waals surface area contributed by atoms with E-state index in [0.717, 1.165) is 28.7 Å². The van der Waals surface area contributed by atoms with E-state index in [1.807, 2.05) is 43.3 Å². The number of aromatic amines is 1. The van der Waals surface area contributed by atoms with Gasteiger partial charge in [-0.05, 0) is 85.5 Å². The number of carbonyl (C=O) groups is 3. The molecule has 2 N–H and O–H groups in total. The maximum atomic E-state index is 13.1. The van der Waals surface area contributed by atoms with Gasteiger partial charge in [0.15, 0.2) is 5.82 Å². The molecule has 1 saturated heterocycles. The van der Waals surface area contributed by atoms with Crippen LogP contribution in [0.3, 0.4) is 0 Å². The Bertz CT molecular complexity index is 1520. The molecule has 230 valence electrons. The van der Waals surface area contributed by atoms with Crippen molar-refractivity contribution >= 4 is 17.7 Å². The molecule has 12 nitrogen and oxygen atoms in total. The molecule has 3 aromatic rings. The molecule has 0 radical (unpaired) electrons. The van der Waals surface area contributed by atoms with Crippen molar-refractivity contribution in [1.82, 2.24) is 40.6 Å². The van der Waals surface area contributed by atoms with Crippen molar-refractivity contribution in [3.8, 4) is 6.07 Å². The van der Waals surface area contributed by atoms with Crippen LogP contribution in [0.2, 0.25) is 0 Å². The molecular weight excluding hydrogens is 558 g/mol. The largest absolute Gasteiger partial charge is 0.345 e. The summed E-state index contributed by atoms with van der Waals surface area (Å²) in [5.74, 6) is 0.175. The van der Waals surface area contributed by atoms with Crippen molar-refractivity contribution in [3.05, 3.63) is 75.6 Å². The third kappa shape index (κ3) is 5.67. The van der Waals surface area contributed by atoms with Crippen molar-refractivity contribution in [2.45, 2.75) is 56.5 Å². The predicted molar refractivity (Wildman–Crippen MR) is 163 cm³/mol. The number of nitrogens with one attached hydrogen (secondary N) is 2. The summed E-state index contributed by atoms with van der Waals surface area (Å²) in [6.07, 6.45) is 3.26. The van der Waals surface area contributed by atoms with Gasteiger partial charge < -0.3 is 20.0 Å². The lowest BCUT2D eigenvalue weighted by Gasteiger charge is -2.36. The summed E-state index contributed by atoms with van der Waals surface area (Å²) < 4.78 is 0. The van der Waals surface area contributed by atoms with E-state index in [4.69, 9.17) is 0 Å².